The van der Waals surface area contributed by atoms with Gasteiger partial charge in [0.1, 0.15) is 0 Å². The number of hydrogen-bond acceptors (Lipinski definition) is 4. The van der Waals surface area contributed by atoms with Crippen LogP contribution >= 0.6 is 0 Å². The maximum atomic E-state index is 13.1. The van der Waals surface area contributed by atoms with Crippen molar-refractivity contribution in [3.05, 3.63) is 29.8 Å². The smallest absolute Gasteiger partial charge is 0.254 e. The molecule has 5 heteroatoms. The van der Waals surface area contributed by atoms with Crippen LogP contribution in [0.25, 0.3) is 0 Å². The number of piperidine rings is 1. The first-order chi connectivity index (χ1) is 12.6. The molecule has 4 rings (SSSR count). The highest BCUT2D eigenvalue weighted by molar-refractivity contribution is 5.95. The molecule has 2 heterocycles. The number of nitrogens with zero attached hydrogens (tertiary/aromatic N) is 2. The molecule has 3 aliphatic rings. The van der Waals surface area contributed by atoms with Crippen molar-refractivity contribution in [3.63, 3.8) is 0 Å². The number of amides is 1. The number of hydrogen-bond donors (Lipinski definition) is 1. The van der Waals surface area contributed by atoms with Crippen LogP contribution in [0.15, 0.2) is 24.3 Å². The quantitative estimate of drug-likeness (QED) is 0.903. The third-order valence-electron chi connectivity index (χ3n) is 6.66. The van der Waals surface area contributed by atoms with E-state index in [2.05, 4.69) is 17.0 Å². The lowest BCUT2D eigenvalue weighted by Gasteiger charge is -2.42. The number of rotatable bonds is 3. The molecule has 1 saturated carbocycles. The number of likely N-dealkylation sites (tertiary alicyclic amines) is 1. The summed E-state index contributed by atoms with van der Waals surface area (Å²) in [5, 5.41) is 10.1. The van der Waals surface area contributed by atoms with Crippen LogP contribution in [0.4, 0.5) is 5.69 Å². The minimum Gasteiger partial charge on any atom is -0.393 e. The standard InChI is InChI=1S/C21H30N2O3/c1-26-21-10-9-18(24)15-19(21)23(14-11-21)20(25)16-5-7-17(8-6-16)22-12-3-2-4-13-22/h5-8,18-19,24H,2-4,9-15H2,1H3/t18-,19-,21+/m0/s1. The molecular weight excluding hydrogens is 328 g/mol. The van der Waals surface area contributed by atoms with Gasteiger partial charge in [0.05, 0.1) is 17.7 Å². The van der Waals surface area contributed by atoms with Crippen molar-refractivity contribution in [2.45, 2.75) is 62.7 Å². The lowest BCUT2D eigenvalue weighted by atomic mass is 9.79. The SMILES string of the molecule is CO[C@@]12CC[C@H](O)C[C@@H]1N(C(=O)c1ccc(N3CCCCC3)cc1)CC2. The first-order valence-corrected chi connectivity index (χ1v) is 10.0. The average molecular weight is 358 g/mol. The summed E-state index contributed by atoms with van der Waals surface area (Å²) in [6.07, 6.45) is 6.54. The van der Waals surface area contributed by atoms with E-state index in [1.165, 1.54) is 24.9 Å². The van der Waals surface area contributed by atoms with Gasteiger partial charge in [-0.2, -0.15) is 0 Å². The van der Waals surface area contributed by atoms with Gasteiger partial charge in [-0.25, -0.2) is 0 Å². The van der Waals surface area contributed by atoms with E-state index in [4.69, 9.17) is 4.74 Å². The summed E-state index contributed by atoms with van der Waals surface area (Å²) in [6.45, 7) is 2.92. The number of aliphatic hydroxyl groups excluding tert-OH is 1. The van der Waals surface area contributed by atoms with Crippen molar-refractivity contribution in [2.75, 3.05) is 31.6 Å². The van der Waals surface area contributed by atoms with Crippen molar-refractivity contribution in [1.82, 2.24) is 4.90 Å². The first-order valence-electron chi connectivity index (χ1n) is 10.0. The van der Waals surface area contributed by atoms with Crippen LogP contribution in [0.3, 0.4) is 0 Å². The number of carbonyl (C=O) groups excluding carboxylic acids is 1. The molecule has 1 N–H and O–H groups in total. The Kier molecular flexibility index (Phi) is 4.93. The number of aliphatic hydroxyl groups is 1. The van der Waals surface area contributed by atoms with E-state index in [1.54, 1.807) is 7.11 Å². The molecule has 2 aliphatic heterocycles. The van der Waals surface area contributed by atoms with Gasteiger partial charge in [-0.3, -0.25) is 4.79 Å². The Hall–Kier alpha value is -1.59. The molecule has 1 aromatic rings. The van der Waals surface area contributed by atoms with Crippen LogP contribution in [0.5, 0.6) is 0 Å². The van der Waals surface area contributed by atoms with E-state index in [1.807, 2.05) is 17.0 Å². The van der Waals surface area contributed by atoms with E-state index < -0.39 is 0 Å². The molecule has 0 radical (unpaired) electrons. The van der Waals surface area contributed by atoms with E-state index in [0.717, 1.165) is 37.9 Å². The van der Waals surface area contributed by atoms with Gasteiger partial charge in [0, 0.05) is 38.0 Å². The predicted molar refractivity (Wildman–Crippen MR) is 102 cm³/mol. The van der Waals surface area contributed by atoms with Crippen molar-refractivity contribution in [2.24, 2.45) is 0 Å². The molecule has 1 aromatic carbocycles. The molecular formula is C21H30N2O3. The third kappa shape index (κ3) is 3.12. The minimum absolute atomic E-state index is 0.0227. The van der Waals surface area contributed by atoms with Crippen molar-refractivity contribution < 1.29 is 14.6 Å². The molecule has 0 aromatic heterocycles. The molecule has 3 fully saturated rings. The van der Waals surface area contributed by atoms with Crippen LogP contribution < -0.4 is 4.90 Å². The Morgan fingerprint density at radius 2 is 1.85 bits per heavy atom. The normalized spacial score (nSPS) is 31.8. The fraction of sp³-hybridized carbons (Fsp3) is 0.667. The largest absolute Gasteiger partial charge is 0.393 e. The van der Waals surface area contributed by atoms with Gasteiger partial charge in [0.25, 0.3) is 5.91 Å². The summed E-state index contributed by atoms with van der Waals surface area (Å²) in [7, 11) is 1.74. The Morgan fingerprint density at radius 3 is 2.54 bits per heavy atom. The molecule has 142 valence electrons. The third-order valence-corrected chi connectivity index (χ3v) is 6.66. The number of anilines is 1. The molecule has 5 nitrogen and oxygen atoms in total. The maximum Gasteiger partial charge on any atom is 0.254 e. The minimum atomic E-state index is -0.335. The molecule has 0 bridgehead atoms. The molecule has 0 unspecified atom stereocenters. The second-order valence-corrected chi connectivity index (χ2v) is 8.06. The van der Waals surface area contributed by atoms with Gasteiger partial charge in [-0.1, -0.05) is 0 Å². The van der Waals surface area contributed by atoms with E-state index in [9.17, 15) is 9.90 Å². The topological polar surface area (TPSA) is 53.0 Å². The summed E-state index contributed by atoms with van der Waals surface area (Å²) in [5.41, 5.74) is 1.67. The first kappa shape index (κ1) is 17.8. The fourth-order valence-corrected chi connectivity index (χ4v) is 5.05. The van der Waals surface area contributed by atoms with Gasteiger partial charge in [0.2, 0.25) is 0 Å². The lowest BCUT2D eigenvalue weighted by molar-refractivity contribution is -0.0824. The van der Waals surface area contributed by atoms with Crippen LogP contribution in [0.1, 0.15) is 55.3 Å². The second kappa shape index (κ2) is 7.20. The number of fused-ring (bicyclic) bond motifs is 1. The highest BCUT2D eigenvalue weighted by atomic mass is 16.5. The van der Waals surface area contributed by atoms with Crippen LogP contribution in [0, 0.1) is 0 Å². The zero-order valence-electron chi connectivity index (χ0n) is 15.7. The Balaban J connectivity index is 1.50. The molecule has 1 aliphatic carbocycles. The van der Waals surface area contributed by atoms with Gasteiger partial charge in [0.15, 0.2) is 0 Å². The Labute approximate surface area is 155 Å². The summed E-state index contributed by atoms with van der Waals surface area (Å²) in [6, 6.07) is 8.05. The Morgan fingerprint density at radius 1 is 1.12 bits per heavy atom. The summed E-state index contributed by atoms with van der Waals surface area (Å²) in [4.78, 5) is 17.5. The number of carbonyl (C=O) groups is 1. The summed E-state index contributed by atoms with van der Waals surface area (Å²) < 4.78 is 5.85. The maximum absolute atomic E-state index is 13.1. The van der Waals surface area contributed by atoms with Crippen LogP contribution in [-0.2, 0) is 4.74 Å². The van der Waals surface area contributed by atoms with Gasteiger partial charge in [-0.15, -0.1) is 0 Å². The predicted octanol–water partition coefficient (Wildman–Crippen LogP) is 2.82. The summed E-state index contributed by atoms with van der Waals surface area (Å²) >= 11 is 0. The summed E-state index contributed by atoms with van der Waals surface area (Å²) in [5.74, 6) is 0.0632. The fourth-order valence-electron chi connectivity index (χ4n) is 5.05. The molecule has 3 atom stereocenters. The Bertz CT molecular complexity index is 641. The van der Waals surface area contributed by atoms with Gasteiger partial charge >= 0.3 is 0 Å². The number of ether oxygens (including phenoxy) is 1. The lowest BCUT2D eigenvalue weighted by Crippen LogP contribution is -2.52. The molecule has 2 saturated heterocycles. The average Bonchev–Trinajstić information content (AvgIpc) is 3.07. The van der Waals surface area contributed by atoms with E-state index in [0.29, 0.717) is 13.0 Å². The molecule has 26 heavy (non-hydrogen) atoms. The van der Waals surface area contributed by atoms with E-state index in [-0.39, 0.29) is 23.7 Å². The van der Waals surface area contributed by atoms with E-state index >= 15 is 0 Å². The highest BCUT2D eigenvalue weighted by Crippen LogP contribution is 2.43. The second-order valence-electron chi connectivity index (χ2n) is 8.06. The zero-order valence-corrected chi connectivity index (χ0v) is 15.7. The van der Waals surface area contributed by atoms with Gasteiger partial charge < -0.3 is 19.6 Å². The van der Waals surface area contributed by atoms with Crippen LogP contribution in [-0.4, -0.2) is 60.4 Å². The van der Waals surface area contributed by atoms with Crippen molar-refractivity contribution in [3.8, 4) is 0 Å². The number of benzene rings is 1. The van der Waals surface area contributed by atoms with Crippen LogP contribution in [0.2, 0.25) is 0 Å². The van der Waals surface area contributed by atoms with Gasteiger partial charge in [-0.05, 0) is 69.2 Å². The number of methoxy groups -OCH3 is 1. The highest BCUT2D eigenvalue weighted by Gasteiger charge is 2.52. The molecule has 1 amide bonds. The monoisotopic (exact) mass is 358 g/mol. The zero-order chi connectivity index (χ0) is 18.1. The van der Waals surface area contributed by atoms with Crippen molar-refractivity contribution >= 4 is 11.6 Å². The van der Waals surface area contributed by atoms with Crippen molar-refractivity contribution in [1.29, 1.82) is 0 Å². The molecule has 0 spiro atoms.